The second-order valence-electron chi connectivity index (χ2n) is 4.34. The van der Waals surface area contributed by atoms with Gasteiger partial charge in [0.05, 0.1) is 16.3 Å². The van der Waals surface area contributed by atoms with Crippen LogP contribution in [-0.2, 0) is 0 Å². The Morgan fingerprint density at radius 2 is 1.94 bits per heavy atom. The van der Waals surface area contributed by atoms with Gasteiger partial charge in [-0.1, -0.05) is 25.4 Å². The Hall–Kier alpha value is -1.42. The number of amides is 1. The van der Waals surface area contributed by atoms with Crippen LogP contribution < -0.4 is 16.4 Å². The van der Waals surface area contributed by atoms with E-state index in [1.54, 1.807) is 12.1 Å². The SMILES string of the molecule is CCC(CC)N(C)c1c(Cl)cc(N)cc1C(N)=O. The molecule has 0 spiro atoms. The lowest BCUT2D eigenvalue weighted by Gasteiger charge is -2.30. The number of primary amides is 1. The number of hydrogen-bond acceptors (Lipinski definition) is 3. The van der Waals surface area contributed by atoms with Crippen molar-refractivity contribution < 1.29 is 4.79 Å². The number of nitrogens with two attached hydrogens (primary N) is 2. The fourth-order valence-corrected chi connectivity index (χ4v) is 2.55. The molecule has 0 fully saturated rings. The van der Waals surface area contributed by atoms with E-state index in [1.807, 2.05) is 11.9 Å². The molecule has 5 heteroatoms. The van der Waals surface area contributed by atoms with Gasteiger partial charge in [0.15, 0.2) is 0 Å². The fourth-order valence-electron chi connectivity index (χ4n) is 2.19. The molecule has 0 saturated carbocycles. The molecule has 0 saturated heterocycles. The third kappa shape index (κ3) is 2.88. The van der Waals surface area contributed by atoms with E-state index in [0.717, 1.165) is 12.8 Å². The van der Waals surface area contributed by atoms with Crippen LogP contribution in [0.2, 0.25) is 5.02 Å². The summed E-state index contributed by atoms with van der Waals surface area (Å²) in [6.45, 7) is 4.19. The molecule has 0 aliphatic carbocycles. The summed E-state index contributed by atoms with van der Waals surface area (Å²) in [5.41, 5.74) is 12.6. The number of carbonyl (C=O) groups excluding carboxylic acids is 1. The largest absolute Gasteiger partial charge is 0.399 e. The lowest BCUT2D eigenvalue weighted by atomic mass is 10.1. The summed E-state index contributed by atoms with van der Waals surface area (Å²) in [5.74, 6) is -0.517. The van der Waals surface area contributed by atoms with E-state index in [1.165, 1.54) is 0 Å². The molecule has 100 valence electrons. The third-order valence-corrected chi connectivity index (χ3v) is 3.48. The van der Waals surface area contributed by atoms with Gasteiger partial charge in [-0.3, -0.25) is 4.79 Å². The molecule has 0 heterocycles. The molecular formula is C13H20ClN3O. The first kappa shape index (κ1) is 14.6. The minimum atomic E-state index is -0.517. The average Bonchev–Trinajstić information content (AvgIpc) is 2.29. The molecule has 1 aromatic carbocycles. The van der Waals surface area contributed by atoms with Crippen molar-refractivity contribution in [1.29, 1.82) is 0 Å². The Bertz CT molecular complexity index is 444. The van der Waals surface area contributed by atoms with Gasteiger partial charge in [-0.15, -0.1) is 0 Å². The van der Waals surface area contributed by atoms with Gasteiger partial charge in [-0.25, -0.2) is 0 Å². The van der Waals surface area contributed by atoms with Crippen molar-refractivity contribution in [3.8, 4) is 0 Å². The average molecular weight is 270 g/mol. The zero-order chi connectivity index (χ0) is 13.9. The first-order chi connectivity index (χ1) is 8.42. The van der Waals surface area contributed by atoms with Gasteiger partial charge >= 0.3 is 0 Å². The summed E-state index contributed by atoms with van der Waals surface area (Å²) in [4.78, 5) is 13.5. The van der Waals surface area contributed by atoms with E-state index in [4.69, 9.17) is 23.1 Å². The highest BCUT2D eigenvalue weighted by molar-refractivity contribution is 6.34. The zero-order valence-corrected chi connectivity index (χ0v) is 11.8. The fraction of sp³-hybridized carbons (Fsp3) is 0.462. The van der Waals surface area contributed by atoms with Crippen LogP contribution in [-0.4, -0.2) is 19.0 Å². The molecule has 0 aliphatic heterocycles. The molecule has 1 amide bonds. The minimum absolute atomic E-state index is 0.309. The standard InChI is InChI=1S/C13H20ClN3O/c1-4-9(5-2)17(3)12-10(13(16)18)6-8(15)7-11(12)14/h6-7,9H,4-5,15H2,1-3H3,(H2,16,18). The van der Waals surface area contributed by atoms with Crippen LogP contribution in [0.1, 0.15) is 37.0 Å². The van der Waals surface area contributed by atoms with Crippen molar-refractivity contribution in [1.82, 2.24) is 0 Å². The van der Waals surface area contributed by atoms with Crippen molar-refractivity contribution in [2.45, 2.75) is 32.7 Å². The van der Waals surface area contributed by atoms with Crippen LogP contribution in [0, 0.1) is 0 Å². The third-order valence-electron chi connectivity index (χ3n) is 3.19. The van der Waals surface area contributed by atoms with Gasteiger partial charge in [0.2, 0.25) is 0 Å². The summed E-state index contributed by atoms with van der Waals surface area (Å²) < 4.78 is 0. The molecule has 1 rings (SSSR count). The smallest absolute Gasteiger partial charge is 0.250 e. The number of nitrogens with zero attached hydrogens (tertiary/aromatic N) is 1. The molecule has 0 aromatic heterocycles. The highest BCUT2D eigenvalue weighted by atomic mass is 35.5. The van der Waals surface area contributed by atoms with Gasteiger partial charge in [0.25, 0.3) is 5.91 Å². The minimum Gasteiger partial charge on any atom is -0.399 e. The Balaban J connectivity index is 3.33. The summed E-state index contributed by atoms with van der Waals surface area (Å²) in [5, 5.41) is 0.457. The Morgan fingerprint density at radius 3 is 2.39 bits per heavy atom. The zero-order valence-electron chi connectivity index (χ0n) is 11.0. The predicted molar refractivity (Wildman–Crippen MR) is 77.2 cm³/mol. The maximum atomic E-state index is 11.5. The van der Waals surface area contributed by atoms with Crippen LogP contribution in [0.4, 0.5) is 11.4 Å². The van der Waals surface area contributed by atoms with E-state index in [0.29, 0.717) is 28.0 Å². The second-order valence-corrected chi connectivity index (χ2v) is 4.75. The van der Waals surface area contributed by atoms with Crippen LogP contribution in [0.5, 0.6) is 0 Å². The highest BCUT2D eigenvalue weighted by Crippen LogP contribution is 2.33. The van der Waals surface area contributed by atoms with E-state index in [9.17, 15) is 4.79 Å². The van der Waals surface area contributed by atoms with Crippen LogP contribution in [0.15, 0.2) is 12.1 Å². The van der Waals surface area contributed by atoms with E-state index in [2.05, 4.69) is 13.8 Å². The molecule has 0 unspecified atom stereocenters. The molecule has 4 nitrogen and oxygen atoms in total. The van der Waals surface area contributed by atoms with Crippen LogP contribution in [0.3, 0.4) is 0 Å². The van der Waals surface area contributed by atoms with Gasteiger partial charge in [0, 0.05) is 18.8 Å². The van der Waals surface area contributed by atoms with Gasteiger partial charge in [0.1, 0.15) is 0 Å². The van der Waals surface area contributed by atoms with E-state index < -0.39 is 5.91 Å². The van der Waals surface area contributed by atoms with Crippen LogP contribution in [0.25, 0.3) is 0 Å². The van der Waals surface area contributed by atoms with Crippen molar-refractivity contribution in [3.63, 3.8) is 0 Å². The summed E-state index contributed by atoms with van der Waals surface area (Å²) >= 11 is 6.20. The molecule has 1 aromatic rings. The number of rotatable bonds is 5. The number of benzene rings is 1. The normalized spacial score (nSPS) is 10.7. The Kier molecular flexibility index (Phi) is 4.84. The lowest BCUT2D eigenvalue weighted by molar-refractivity contribution is 0.100. The molecule has 0 aliphatic rings. The number of anilines is 2. The Labute approximate surface area is 113 Å². The predicted octanol–water partition coefficient (Wildman–Crippen LogP) is 2.65. The molecule has 18 heavy (non-hydrogen) atoms. The maximum Gasteiger partial charge on any atom is 0.250 e. The number of nitrogen functional groups attached to an aromatic ring is 1. The lowest BCUT2D eigenvalue weighted by Crippen LogP contribution is -2.32. The quantitative estimate of drug-likeness (QED) is 0.807. The molecule has 0 radical (unpaired) electrons. The van der Waals surface area contributed by atoms with Crippen molar-refractivity contribution in [3.05, 3.63) is 22.7 Å². The molecule has 4 N–H and O–H groups in total. The second kappa shape index (κ2) is 5.96. The number of halogens is 1. The van der Waals surface area contributed by atoms with Crippen molar-refractivity contribution in [2.24, 2.45) is 5.73 Å². The van der Waals surface area contributed by atoms with Gasteiger partial charge in [-0.05, 0) is 25.0 Å². The summed E-state index contributed by atoms with van der Waals surface area (Å²) in [6.07, 6.45) is 1.93. The number of hydrogen-bond donors (Lipinski definition) is 2. The summed E-state index contributed by atoms with van der Waals surface area (Å²) in [7, 11) is 1.92. The van der Waals surface area contributed by atoms with Gasteiger partial charge < -0.3 is 16.4 Å². The van der Waals surface area contributed by atoms with E-state index in [-0.39, 0.29) is 0 Å². The Morgan fingerprint density at radius 1 is 1.39 bits per heavy atom. The van der Waals surface area contributed by atoms with Gasteiger partial charge in [-0.2, -0.15) is 0 Å². The number of carbonyl (C=O) groups is 1. The topological polar surface area (TPSA) is 72.3 Å². The van der Waals surface area contributed by atoms with Crippen molar-refractivity contribution in [2.75, 3.05) is 17.7 Å². The maximum absolute atomic E-state index is 11.5. The highest BCUT2D eigenvalue weighted by Gasteiger charge is 2.20. The molecule has 0 atom stereocenters. The molecular weight excluding hydrogens is 250 g/mol. The monoisotopic (exact) mass is 269 g/mol. The first-order valence-corrected chi connectivity index (χ1v) is 6.41. The van der Waals surface area contributed by atoms with Crippen molar-refractivity contribution >= 4 is 28.9 Å². The van der Waals surface area contributed by atoms with E-state index >= 15 is 0 Å². The molecule has 0 bridgehead atoms. The first-order valence-electron chi connectivity index (χ1n) is 6.03. The van der Waals surface area contributed by atoms with Crippen LogP contribution >= 0.6 is 11.6 Å². The summed E-state index contributed by atoms with van der Waals surface area (Å²) in [6, 6.07) is 3.52.